The minimum absolute atomic E-state index is 0.746. The molecule has 1 unspecified atom stereocenters. The number of hydrogen-bond donors (Lipinski definition) is 0. The van der Waals surface area contributed by atoms with Crippen LogP contribution in [0.4, 0.5) is 0 Å². The minimum Gasteiger partial charge on any atom is -0.298 e. The first-order valence-corrected chi connectivity index (χ1v) is 8.79. The van der Waals surface area contributed by atoms with Gasteiger partial charge >= 0.3 is 0 Å². The molecule has 6 nitrogen and oxygen atoms in total. The Kier molecular flexibility index (Phi) is 2.92. The summed E-state index contributed by atoms with van der Waals surface area (Å²) in [6.07, 6.45) is 4.47. The maximum Gasteiger partial charge on any atom is 0.167 e. The number of thiophene rings is 1. The normalized spacial score (nSPS) is 23.5. The fraction of sp³-hybridized carbons (Fsp3) is 0.533. The Balaban J connectivity index is 1.42. The van der Waals surface area contributed by atoms with Gasteiger partial charge in [0.05, 0.1) is 11.9 Å². The summed E-state index contributed by atoms with van der Waals surface area (Å²) in [7, 11) is 0. The van der Waals surface area contributed by atoms with Gasteiger partial charge in [0.15, 0.2) is 11.5 Å². The van der Waals surface area contributed by atoms with E-state index in [0.717, 1.165) is 47.4 Å². The highest BCUT2D eigenvalue weighted by Crippen LogP contribution is 2.24. The zero-order valence-electron chi connectivity index (χ0n) is 12.4. The third-order valence-electron chi connectivity index (χ3n) is 4.88. The third kappa shape index (κ3) is 2.04. The summed E-state index contributed by atoms with van der Waals surface area (Å²) in [5.41, 5.74) is 0.931. The average molecular weight is 314 g/mol. The average Bonchev–Trinajstić information content (AvgIpc) is 3.24. The Labute approximate surface area is 132 Å². The number of aromatic nitrogens is 4. The van der Waals surface area contributed by atoms with E-state index >= 15 is 0 Å². The van der Waals surface area contributed by atoms with Crippen molar-refractivity contribution in [2.45, 2.75) is 25.4 Å². The summed E-state index contributed by atoms with van der Waals surface area (Å²) in [6, 6.07) is 2.83. The van der Waals surface area contributed by atoms with Crippen LogP contribution in [0.3, 0.4) is 0 Å². The Morgan fingerprint density at radius 2 is 2.27 bits per heavy atom. The van der Waals surface area contributed by atoms with E-state index in [1.165, 1.54) is 25.9 Å². The molecule has 0 aromatic carbocycles. The standard InChI is InChI=1S/C15H18N6S/c1-2-11-8-19(5-6-20(11)4-1)9-13-17-14-12-3-7-22-15(12)16-10-21(14)18-13/h3,7,10-11H,1-2,4-6,8-9H2. The van der Waals surface area contributed by atoms with Crippen LogP contribution in [0.2, 0.25) is 0 Å². The van der Waals surface area contributed by atoms with Crippen molar-refractivity contribution in [3.05, 3.63) is 23.6 Å². The molecule has 5 rings (SSSR count). The Morgan fingerprint density at radius 3 is 3.27 bits per heavy atom. The van der Waals surface area contributed by atoms with Crippen LogP contribution >= 0.6 is 11.3 Å². The summed E-state index contributed by atoms with van der Waals surface area (Å²) >= 11 is 1.65. The molecular formula is C15H18N6S. The predicted octanol–water partition coefficient (Wildman–Crippen LogP) is 1.62. The lowest BCUT2D eigenvalue weighted by Crippen LogP contribution is -2.49. The number of fused-ring (bicyclic) bond motifs is 4. The fourth-order valence-electron chi connectivity index (χ4n) is 3.78. The van der Waals surface area contributed by atoms with Gasteiger partial charge in [0.25, 0.3) is 0 Å². The maximum atomic E-state index is 4.76. The van der Waals surface area contributed by atoms with Gasteiger partial charge in [0.2, 0.25) is 0 Å². The Morgan fingerprint density at radius 1 is 1.27 bits per heavy atom. The number of nitrogens with zero attached hydrogens (tertiary/aromatic N) is 6. The van der Waals surface area contributed by atoms with Gasteiger partial charge in [-0.25, -0.2) is 14.5 Å². The summed E-state index contributed by atoms with van der Waals surface area (Å²) < 4.78 is 1.82. The van der Waals surface area contributed by atoms with Gasteiger partial charge in [0, 0.05) is 25.7 Å². The lowest BCUT2D eigenvalue weighted by atomic mass is 10.1. The monoisotopic (exact) mass is 314 g/mol. The van der Waals surface area contributed by atoms with Gasteiger partial charge in [-0.15, -0.1) is 16.4 Å². The van der Waals surface area contributed by atoms with Crippen LogP contribution in [-0.2, 0) is 6.54 Å². The molecule has 2 aliphatic rings. The van der Waals surface area contributed by atoms with Gasteiger partial charge in [-0.1, -0.05) is 0 Å². The molecule has 0 radical (unpaired) electrons. The second-order valence-electron chi connectivity index (χ2n) is 6.25. The van der Waals surface area contributed by atoms with Gasteiger partial charge in [-0.3, -0.25) is 9.80 Å². The van der Waals surface area contributed by atoms with Crippen molar-refractivity contribution in [1.29, 1.82) is 0 Å². The third-order valence-corrected chi connectivity index (χ3v) is 5.70. The van der Waals surface area contributed by atoms with Crippen molar-refractivity contribution in [3.8, 4) is 0 Å². The van der Waals surface area contributed by atoms with E-state index in [0.29, 0.717) is 0 Å². The number of rotatable bonds is 2. The van der Waals surface area contributed by atoms with Crippen LogP contribution in [0, 0.1) is 0 Å². The van der Waals surface area contributed by atoms with Crippen molar-refractivity contribution in [3.63, 3.8) is 0 Å². The van der Waals surface area contributed by atoms with Crippen molar-refractivity contribution >= 4 is 27.2 Å². The van der Waals surface area contributed by atoms with Crippen molar-refractivity contribution < 1.29 is 0 Å². The topological polar surface area (TPSA) is 49.6 Å². The van der Waals surface area contributed by atoms with E-state index in [1.54, 1.807) is 17.7 Å². The van der Waals surface area contributed by atoms with E-state index in [9.17, 15) is 0 Å². The zero-order valence-corrected chi connectivity index (χ0v) is 13.2. The second-order valence-corrected chi connectivity index (χ2v) is 7.14. The summed E-state index contributed by atoms with van der Waals surface area (Å²) in [6.45, 7) is 5.60. The Bertz CT molecular complexity index is 824. The molecule has 3 aromatic rings. The molecule has 5 heterocycles. The fourth-order valence-corrected chi connectivity index (χ4v) is 4.50. The molecule has 3 aromatic heterocycles. The van der Waals surface area contributed by atoms with E-state index in [1.807, 2.05) is 4.52 Å². The predicted molar refractivity (Wildman–Crippen MR) is 86.0 cm³/mol. The highest BCUT2D eigenvalue weighted by Gasteiger charge is 2.30. The van der Waals surface area contributed by atoms with Crippen LogP contribution < -0.4 is 0 Å². The molecule has 0 aliphatic carbocycles. The SMILES string of the molecule is c1cc2c(ncn3nc(CN4CCN5CCCC5C4)nc23)s1. The second kappa shape index (κ2) is 4.97. The first kappa shape index (κ1) is 12.9. The molecule has 0 bridgehead atoms. The first-order valence-electron chi connectivity index (χ1n) is 7.91. The lowest BCUT2D eigenvalue weighted by Gasteiger charge is -2.36. The molecule has 0 spiro atoms. The van der Waals surface area contributed by atoms with Crippen LogP contribution in [0.15, 0.2) is 17.8 Å². The maximum absolute atomic E-state index is 4.76. The van der Waals surface area contributed by atoms with Crippen molar-refractivity contribution in [2.24, 2.45) is 0 Å². The molecule has 2 fully saturated rings. The van der Waals surface area contributed by atoms with E-state index in [-0.39, 0.29) is 0 Å². The smallest absolute Gasteiger partial charge is 0.167 e. The molecule has 2 saturated heterocycles. The molecule has 7 heteroatoms. The molecule has 2 aliphatic heterocycles. The molecule has 22 heavy (non-hydrogen) atoms. The summed E-state index contributed by atoms with van der Waals surface area (Å²) in [4.78, 5) is 15.4. The minimum atomic E-state index is 0.746. The van der Waals surface area contributed by atoms with E-state index in [4.69, 9.17) is 4.98 Å². The summed E-state index contributed by atoms with van der Waals surface area (Å²) in [5, 5.41) is 7.78. The van der Waals surface area contributed by atoms with Crippen molar-refractivity contribution in [1.82, 2.24) is 29.4 Å². The summed E-state index contributed by atoms with van der Waals surface area (Å²) in [5.74, 6) is 0.909. The van der Waals surface area contributed by atoms with Gasteiger partial charge < -0.3 is 0 Å². The van der Waals surface area contributed by atoms with Crippen LogP contribution in [0.1, 0.15) is 18.7 Å². The van der Waals surface area contributed by atoms with Crippen LogP contribution in [0.5, 0.6) is 0 Å². The molecule has 0 saturated carbocycles. The van der Waals surface area contributed by atoms with Gasteiger partial charge in [-0.05, 0) is 30.8 Å². The highest BCUT2D eigenvalue weighted by molar-refractivity contribution is 7.16. The lowest BCUT2D eigenvalue weighted by molar-refractivity contribution is 0.0975. The molecular weight excluding hydrogens is 296 g/mol. The molecule has 0 N–H and O–H groups in total. The number of piperazine rings is 1. The molecule has 0 amide bonds. The molecule has 114 valence electrons. The quantitative estimate of drug-likeness (QED) is 0.719. The molecule has 1 atom stereocenters. The first-order chi connectivity index (χ1) is 10.9. The van der Waals surface area contributed by atoms with Crippen LogP contribution in [0.25, 0.3) is 15.9 Å². The zero-order chi connectivity index (χ0) is 14.5. The highest BCUT2D eigenvalue weighted by atomic mass is 32.1. The largest absolute Gasteiger partial charge is 0.298 e. The van der Waals surface area contributed by atoms with Gasteiger partial charge in [0.1, 0.15) is 11.2 Å². The van der Waals surface area contributed by atoms with Crippen molar-refractivity contribution in [2.75, 3.05) is 26.2 Å². The Hall–Kier alpha value is -1.57. The van der Waals surface area contributed by atoms with Gasteiger partial charge in [-0.2, -0.15) is 0 Å². The van der Waals surface area contributed by atoms with E-state index < -0.39 is 0 Å². The number of hydrogen-bond acceptors (Lipinski definition) is 6. The van der Waals surface area contributed by atoms with E-state index in [2.05, 4.69) is 31.3 Å². The van der Waals surface area contributed by atoms with Crippen LogP contribution in [-0.4, -0.2) is 61.6 Å².